The Labute approximate surface area is 95.1 Å². The van der Waals surface area contributed by atoms with Gasteiger partial charge in [-0.25, -0.2) is 0 Å². The maximum Gasteiger partial charge on any atom is 0.0706 e. The number of benzene rings is 1. The fourth-order valence-corrected chi connectivity index (χ4v) is 1.82. The summed E-state index contributed by atoms with van der Waals surface area (Å²) < 4.78 is 0. The fourth-order valence-electron chi connectivity index (χ4n) is 1.64. The number of rotatable bonds is 3. The van der Waals surface area contributed by atoms with Gasteiger partial charge in [0, 0.05) is 16.1 Å². The minimum Gasteiger partial charge on any atom is -0.253 e. The molecule has 0 bridgehead atoms. The molecule has 0 saturated heterocycles. The molecule has 0 saturated carbocycles. The number of hydrogen-bond donors (Lipinski definition) is 0. The lowest BCUT2D eigenvalue weighted by Gasteiger charge is -2.02. The summed E-state index contributed by atoms with van der Waals surface area (Å²) in [6, 6.07) is 10.0. The smallest absolute Gasteiger partial charge is 0.0706 e. The number of fused-ring (bicyclic) bond motifs is 1. The van der Waals surface area contributed by atoms with Crippen molar-refractivity contribution in [1.29, 1.82) is 0 Å². The molecule has 15 heavy (non-hydrogen) atoms. The van der Waals surface area contributed by atoms with Crippen LogP contribution in [0.25, 0.3) is 10.9 Å². The van der Waals surface area contributed by atoms with Gasteiger partial charge in [-0.15, -0.1) is 0 Å². The molecular formula is C13H14ClN. The van der Waals surface area contributed by atoms with Crippen LogP contribution in [0.3, 0.4) is 0 Å². The predicted octanol–water partition coefficient (Wildman–Crippen LogP) is 4.23. The van der Waals surface area contributed by atoms with Gasteiger partial charge in [-0.1, -0.05) is 31.0 Å². The molecule has 2 rings (SSSR count). The molecule has 1 heterocycles. The van der Waals surface area contributed by atoms with Gasteiger partial charge in [-0.3, -0.25) is 4.98 Å². The summed E-state index contributed by atoms with van der Waals surface area (Å²) in [6.45, 7) is 2.20. The summed E-state index contributed by atoms with van der Waals surface area (Å²) in [5.74, 6) is 0. The summed E-state index contributed by atoms with van der Waals surface area (Å²) in [7, 11) is 0. The number of hydrogen-bond acceptors (Lipinski definition) is 1. The number of unbranched alkanes of at least 4 members (excludes halogenated alkanes) is 1. The van der Waals surface area contributed by atoms with Gasteiger partial charge in [-0.05, 0) is 37.1 Å². The van der Waals surface area contributed by atoms with Crippen molar-refractivity contribution >= 4 is 22.5 Å². The number of halogens is 1. The number of nitrogens with zero attached hydrogens (tertiary/aromatic N) is 1. The first kappa shape index (κ1) is 10.4. The van der Waals surface area contributed by atoms with Gasteiger partial charge in [0.2, 0.25) is 0 Å². The lowest BCUT2D eigenvalue weighted by molar-refractivity contribution is 0.780. The van der Waals surface area contributed by atoms with E-state index in [1.165, 1.54) is 18.5 Å². The van der Waals surface area contributed by atoms with E-state index in [2.05, 4.69) is 24.0 Å². The zero-order valence-corrected chi connectivity index (χ0v) is 9.59. The van der Waals surface area contributed by atoms with Crippen molar-refractivity contribution < 1.29 is 0 Å². The maximum absolute atomic E-state index is 5.91. The second-order valence-electron chi connectivity index (χ2n) is 3.74. The van der Waals surface area contributed by atoms with E-state index in [-0.39, 0.29) is 0 Å². The van der Waals surface area contributed by atoms with Crippen LogP contribution in [0, 0.1) is 0 Å². The van der Waals surface area contributed by atoms with Crippen LogP contribution in [0.4, 0.5) is 0 Å². The minimum absolute atomic E-state index is 0.769. The van der Waals surface area contributed by atoms with Gasteiger partial charge in [0.15, 0.2) is 0 Å². The van der Waals surface area contributed by atoms with Crippen LogP contribution >= 0.6 is 11.6 Å². The molecule has 0 radical (unpaired) electrons. The van der Waals surface area contributed by atoms with Gasteiger partial charge in [0.25, 0.3) is 0 Å². The summed E-state index contributed by atoms with van der Waals surface area (Å²) in [5, 5.41) is 1.88. The number of pyridine rings is 1. The summed E-state index contributed by atoms with van der Waals surface area (Å²) in [4.78, 5) is 4.60. The molecule has 0 atom stereocenters. The lowest BCUT2D eigenvalue weighted by Crippen LogP contribution is -1.90. The molecule has 0 fully saturated rings. The highest BCUT2D eigenvalue weighted by molar-refractivity contribution is 6.31. The van der Waals surface area contributed by atoms with E-state index in [0.717, 1.165) is 22.3 Å². The molecule has 78 valence electrons. The largest absolute Gasteiger partial charge is 0.253 e. The summed E-state index contributed by atoms with van der Waals surface area (Å²) in [5.41, 5.74) is 2.21. The normalized spacial score (nSPS) is 10.8. The Kier molecular flexibility index (Phi) is 3.22. The zero-order chi connectivity index (χ0) is 10.7. The highest BCUT2D eigenvalue weighted by atomic mass is 35.5. The van der Waals surface area contributed by atoms with Crippen LogP contribution in [0.2, 0.25) is 5.02 Å². The van der Waals surface area contributed by atoms with Crippen LogP contribution in [0.1, 0.15) is 25.5 Å². The molecule has 0 amide bonds. The Bertz CT molecular complexity index is 465. The Morgan fingerprint density at radius 2 is 2.07 bits per heavy atom. The molecule has 0 aliphatic rings. The molecule has 0 spiro atoms. The second kappa shape index (κ2) is 4.63. The molecule has 0 N–H and O–H groups in total. The van der Waals surface area contributed by atoms with Crippen LogP contribution in [-0.2, 0) is 6.42 Å². The van der Waals surface area contributed by atoms with E-state index in [0.29, 0.717) is 0 Å². The maximum atomic E-state index is 5.91. The number of aromatic nitrogens is 1. The van der Waals surface area contributed by atoms with E-state index < -0.39 is 0 Å². The van der Waals surface area contributed by atoms with Crippen LogP contribution < -0.4 is 0 Å². The molecule has 0 unspecified atom stereocenters. The Morgan fingerprint density at radius 3 is 2.87 bits per heavy atom. The topological polar surface area (TPSA) is 12.9 Å². The Morgan fingerprint density at radius 1 is 1.20 bits per heavy atom. The van der Waals surface area contributed by atoms with Crippen LogP contribution in [0.15, 0.2) is 30.3 Å². The third kappa shape index (κ3) is 2.48. The van der Waals surface area contributed by atoms with Gasteiger partial charge in [0.1, 0.15) is 0 Å². The molecule has 1 aromatic heterocycles. The quantitative estimate of drug-likeness (QED) is 0.753. The standard InChI is InChI=1S/C13H14ClN/c1-2-3-4-12-7-5-10-9-11(14)6-8-13(10)15-12/h5-9H,2-4H2,1H3. The monoisotopic (exact) mass is 219 g/mol. The Hall–Kier alpha value is -1.08. The molecule has 2 aromatic rings. The van der Waals surface area contributed by atoms with Crippen molar-refractivity contribution in [3.8, 4) is 0 Å². The van der Waals surface area contributed by atoms with Gasteiger partial charge in [-0.2, -0.15) is 0 Å². The van der Waals surface area contributed by atoms with Crippen molar-refractivity contribution in [2.75, 3.05) is 0 Å². The third-order valence-electron chi connectivity index (χ3n) is 2.50. The van der Waals surface area contributed by atoms with Gasteiger partial charge >= 0.3 is 0 Å². The molecule has 2 heteroatoms. The van der Waals surface area contributed by atoms with Crippen molar-refractivity contribution in [3.05, 3.63) is 41.0 Å². The average Bonchev–Trinajstić information content (AvgIpc) is 2.26. The SMILES string of the molecule is CCCCc1ccc2cc(Cl)ccc2n1. The molecule has 0 aliphatic heterocycles. The highest BCUT2D eigenvalue weighted by Gasteiger charge is 1.98. The molecule has 1 nitrogen and oxygen atoms in total. The van der Waals surface area contributed by atoms with Crippen LogP contribution in [-0.4, -0.2) is 4.98 Å². The number of aryl methyl sites for hydroxylation is 1. The molecule has 1 aromatic carbocycles. The molecular weight excluding hydrogens is 206 g/mol. The van der Waals surface area contributed by atoms with Crippen molar-refractivity contribution in [2.24, 2.45) is 0 Å². The fraction of sp³-hybridized carbons (Fsp3) is 0.308. The summed E-state index contributed by atoms with van der Waals surface area (Å²) >= 11 is 5.91. The first-order chi connectivity index (χ1) is 7.29. The second-order valence-corrected chi connectivity index (χ2v) is 4.18. The highest BCUT2D eigenvalue weighted by Crippen LogP contribution is 2.18. The van der Waals surface area contributed by atoms with E-state index in [9.17, 15) is 0 Å². The first-order valence-corrected chi connectivity index (χ1v) is 5.72. The van der Waals surface area contributed by atoms with Crippen molar-refractivity contribution in [3.63, 3.8) is 0 Å². The summed E-state index contributed by atoms with van der Waals surface area (Å²) in [6.07, 6.45) is 3.47. The Balaban J connectivity index is 2.34. The van der Waals surface area contributed by atoms with Gasteiger partial charge in [0.05, 0.1) is 5.52 Å². The van der Waals surface area contributed by atoms with Crippen LogP contribution in [0.5, 0.6) is 0 Å². The van der Waals surface area contributed by atoms with E-state index in [1.54, 1.807) is 0 Å². The predicted molar refractivity (Wildman–Crippen MR) is 65.4 cm³/mol. The van der Waals surface area contributed by atoms with Crippen molar-refractivity contribution in [2.45, 2.75) is 26.2 Å². The van der Waals surface area contributed by atoms with Crippen molar-refractivity contribution in [1.82, 2.24) is 4.98 Å². The lowest BCUT2D eigenvalue weighted by atomic mass is 10.1. The van der Waals surface area contributed by atoms with E-state index >= 15 is 0 Å². The first-order valence-electron chi connectivity index (χ1n) is 5.35. The van der Waals surface area contributed by atoms with E-state index in [1.807, 2.05) is 18.2 Å². The molecule has 0 aliphatic carbocycles. The van der Waals surface area contributed by atoms with Gasteiger partial charge < -0.3 is 0 Å². The van der Waals surface area contributed by atoms with E-state index in [4.69, 9.17) is 11.6 Å². The third-order valence-corrected chi connectivity index (χ3v) is 2.73. The minimum atomic E-state index is 0.769. The zero-order valence-electron chi connectivity index (χ0n) is 8.83. The average molecular weight is 220 g/mol.